The molecule has 3 nitrogen and oxygen atoms in total. The number of thioether (sulfide) groups is 1. The second-order valence-corrected chi connectivity index (χ2v) is 3.30. The van der Waals surface area contributed by atoms with Gasteiger partial charge in [-0.15, -0.1) is 0 Å². The molecule has 7 heteroatoms. The van der Waals surface area contributed by atoms with Gasteiger partial charge in [0, 0.05) is 12.3 Å². The predicted octanol–water partition coefficient (Wildman–Crippen LogP) is 2.61. The maximum atomic E-state index is 12.4. The molecule has 1 aromatic heterocycles. The summed E-state index contributed by atoms with van der Waals surface area (Å²) in [6.45, 7) is 0. The van der Waals surface area contributed by atoms with Gasteiger partial charge in [0.25, 0.3) is 0 Å². The van der Waals surface area contributed by atoms with Gasteiger partial charge in [0.15, 0.2) is 5.17 Å². The van der Waals surface area contributed by atoms with E-state index in [0.29, 0.717) is 0 Å². The van der Waals surface area contributed by atoms with Crippen LogP contribution in [0.1, 0.15) is 5.56 Å². The monoisotopic (exact) mass is 234 g/mol. The fourth-order valence-corrected chi connectivity index (χ4v) is 1.03. The summed E-state index contributed by atoms with van der Waals surface area (Å²) < 4.78 is 37.3. The van der Waals surface area contributed by atoms with Crippen LogP contribution in [0.5, 0.6) is 0 Å². The van der Waals surface area contributed by atoms with Crippen molar-refractivity contribution in [3.63, 3.8) is 0 Å². The molecule has 0 fully saturated rings. The molecule has 0 unspecified atom stereocenters. The number of hydrogen-bond donors (Lipinski definition) is 2. The van der Waals surface area contributed by atoms with Crippen LogP contribution in [0.2, 0.25) is 0 Å². The lowest BCUT2D eigenvalue weighted by Crippen LogP contribution is -2.14. The lowest BCUT2D eigenvalue weighted by molar-refractivity contribution is -0.137. The first-order chi connectivity index (χ1) is 6.95. The van der Waals surface area contributed by atoms with E-state index < -0.39 is 11.7 Å². The van der Waals surface area contributed by atoms with Crippen molar-refractivity contribution in [1.82, 2.24) is 4.98 Å². The van der Waals surface area contributed by atoms with Crippen LogP contribution >= 0.6 is 11.8 Å². The smallest absolute Gasteiger partial charge is 0.319 e. The third kappa shape index (κ3) is 3.12. The molecular formula is C8H7F3N3S. The number of nitrogens with zero attached hydrogens (tertiary/aromatic N) is 1. The minimum Gasteiger partial charge on any atom is -0.319 e. The average molecular weight is 234 g/mol. The number of hydrogen-bond acceptors (Lipinski definition) is 3. The lowest BCUT2D eigenvalue weighted by atomic mass is 10.2. The second-order valence-electron chi connectivity index (χ2n) is 2.49. The summed E-state index contributed by atoms with van der Waals surface area (Å²) in [7, 11) is 0. The first kappa shape index (κ1) is 11.8. The fraction of sp³-hybridized carbons (Fsp3) is 0.250. The second kappa shape index (κ2) is 4.52. The van der Waals surface area contributed by atoms with Gasteiger partial charge in [0.1, 0.15) is 5.82 Å². The number of nitrogens with one attached hydrogen (secondary N) is 2. The number of anilines is 1. The maximum Gasteiger partial charge on any atom is 0.419 e. The van der Waals surface area contributed by atoms with Gasteiger partial charge in [-0.05, 0) is 12.3 Å². The van der Waals surface area contributed by atoms with E-state index in [4.69, 9.17) is 5.41 Å². The van der Waals surface area contributed by atoms with Crippen LogP contribution < -0.4 is 5.32 Å². The van der Waals surface area contributed by atoms with E-state index in [2.05, 4.69) is 16.4 Å². The lowest BCUT2D eigenvalue weighted by Gasteiger charge is -2.12. The molecule has 0 saturated carbocycles. The van der Waals surface area contributed by atoms with E-state index in [1.54, 1.807) is 6.26 Å². The zero-order valence-electron chi connectivity index (χ0n) is 7.64. The molecule has 0 aliphatic rings. The van der Waals surface area contributed by atoms with Crippen molar-refractivity contribution in [2.75, 3.05) is 11.6 Å². The van der Waals surface area contributed by atoms with Gasteiger partial charge >= 0.3 is 6.18 Å². The molecule has 1 rings (SSSR count). The van der Waals surface area contributed by atoms with Gasteiger partial charge in [-0.25, -0.2) is 4.98 Å². The average Bonchev–Trinajstić information content (AvgIpc) is 2.17. The Hall–Kier alpha value is -1.24. The summed E-state index contributed by atoms with van der Waals surface area (Å²) in [6, 6.07) is 3.05. The highest BCUT2D eigenvalue weighted by molar-refractivity contribution is 8.13. The summed E-state index contributed by atoms with van der Waals surface area (Å²) in [5, 5.41) is 9.37. The maximum absolute atomic E-state index is 12.4. The Labute approximate surface area is 88.6 Å². The molecule has 1 radical (unpaired) electrons. The molecule has 0 bridgehead atoms. The minimum absolute atomic E-state index is 0.0980. The molecule has 2 N–H and O–H groups in total. The fourth-order valence-electron chi connectivity index (χ4n) is 0.835. The Balaban J connectivity index is 3.02. The molecule has 0 spiro atoms. The number of alkyl halides is 3. The van der Waals surface area contributed by atoms with Crippen molar-refractivity contribution >= 4 is 22.7 Å². The SMILES string of the molecule is CSC(=N)Nc1nc[c]cc1C(F)(F)F. The quantitative estimate of drug-likeness (QED) is 0.580. The van der Waals surface area contributed by atoms with E-state index in [-0.39, 0.29) is 11.0 Å². The number of amidine groups is 1. The molecule has 1 heterocycles. The molecule has 15 heavy (non-hydrogen) atoms. The van der Waals surface area contributed by atoms with Gasteiger partial charge in [-0.3, -0.25) is 5.41 Å². The normalized spacial score (nSPS) is 11.2. The van der Waals surface area contributed by atoms with Crippen LogP contribution in [0.15, 0.2) is 12.3 Å². The Morgan fingerprint density at radius 1 is 1.60 bits per heavy atom. The highest BCUT2D eigenvalue weighted by Gasteiger charge is 2.34. The van der Waals surface area contributed by atoms with Crippen LogP contribution in [-0.4, -0.2) is 16.4 Å². The molecule has 0 aliphatic carbocycles. The van der Waals surface area contributed by atoms with Gasteiger partial charge in [0.05, 0.1) is 5.56 Å². The minimum atomic E-state index is -4.49. The molecule has 0 saturated heterocycles. The van der Waals surface area contributed by atoms with Crippen molar-refractivity contribution < 1.29 is 13.2 Å². The standard InChI is InChI=1S/C8H7F3N3S/c1-15-7(12)14-6-5(8(9,10)11)3-2-4-13-6/h3-4H,1H3,(H2,12,13,14). The summed E-state index contributed by atoms with van der Waals surface area (Å²) in [5.74, 6) is -0.374. The summed E-state index contributed by atoms with van der Waals surface area (Å²) in [4.78, 5) is 3.49. The van der Waals surface area contributed by atoms with Crippen molar-refractivity contribution in [3.05, 3.63) is 23.9 Å². The van der Waals surface area contributed by atoms with Gasteiger partial charge < -0.3 is 5.32 Å². The summed E-state index contributed by atoms with van der Waals surface area (Å²) in [6.07, 6.45) is -1.80. The zero-order valence-corrected chi connectivity index (χ0v) is 8.46. The molecule has 0 atom stereocenters. The third-order valence-electron chi connectivity index (χ3n) is 1.49. The first-order valence-electron chi connectivity index (χ1n) is 3.78. The van der Waals surface area contributed by atoms with E-state index in [0.717, 1.165) is 24.0 Å². The number of halogens is 3. The topological polar surface area (TPSA) is 48.8 Å². The Morgan fingerprint density at radius 3 is 2.80 bits per heavy atom. The van der Waals surface area contributed by atoms with E-state index in [1.165, 1.54) is 0 Å². The van der Waals surface area contributed by atoms with E-state index in [1.807, 2.05) is 0 Å². The summed E-state index contributed by atoms with van der Waals surface area (Å²) >= 11 is 0.994. The van der Waals surface area contributed by atoms with Crippen LogP contribution in [0.25, 0.3) is 0 Å². The van der Waals surface area contributed by atoms with E-state index in [9.17, 15) is 13.2 Å². The Bertz CT molecular complexity index is 364. The molecule has 0 amide bonds. The predicted molar refractivity (Wildman–Crippen MR) is 52.9 cm³/mol. The molecule has 81 valence electrons. The van der Waals surface area contributed by atoms with Crippen LogP contribution in [0, 0.1) is 11.5 Å². The Kier molecular flexibility index (Phi) is 3.57. The number of pyridine rings is 1. The molecule has 0 aliphatic heterocycles. The van der Waals surface area contributed by atoms with Gasteiger partial charge in [-0.2, -0.15) is 13.2 Å². The highest BCUT2D eigenvalue weighted by atomic mass is 32.2. The van der Waals surface area contributed by atoms with Crippen molar-refractivity contribution in [3.8, 4) is 0 Å². The van der Waals surface area contributed by atoms with Crippen LogP contribution in [0.4, 0.5) is 19.0 Å². The third-order valence-corrected chi connectivity index (χ3v) is 2.00. The first-order valence-corrected chi connectivity index (χ1v) is 5.00. The Morgan fingerprint density at radius 2 is 2.27 bits per heavy atom. The zero-order chi connectivity index (χ0) is 11.5. The summed E-state index contributed by atoms with van der Waals surface area (Å²) in [5.41, 5.74) is -0.927. The molecule has 0 aromatic carbocycles. The van der Waals surface area contributed by atoms with Crippen LogP contribution in [0.3, 0.4) is 0 Å². The van der Waals surface area contributed by atoms with Crippen molar-refractivity contribution in [1.29, 1.82) is 5.41 Å². The molecule has 1 aromatic rings. The van der Waals surface area contributed by atoms with Gasteiger partial charge in [0.2, 0.25) is 0 Å². The van der Waals surface area contributed by atoms with Gasteiger partial charge in [-0.1, -0.05) is 11.8 Å². The number of aromatic nitrogens is 1. The van der Waals surface area contributed by atoms with E-state index >= 15 is 0 Å². The van der Waals surface area contributed by atoms with Crippen molar-refractivity contribution in [2.45, 2.75) is 6.18 Å². The number of rotatable bonds is 1. The van der Waals surface area contributed by atoms with Crippen LogP contribution in [-0.2, 0) is 6.18 Å². The largest absolute Gasteiger partial charge is 0.419 e. The van der Waals surface area contributed by atoms with Crippen molar-refractivity contribution in [2.24, 2.45) is 0 Å². The highest BCUT2D eigenvalue weighted by Crippen LogP contribution is 2.33. The molecular weight excluding hydrogens is 227 g/mol.